The highest BCUT2D eigenvalue weighted by atomic mass is 16.3. The number of hydrogen-bond acceptors (Lipinski definition) is 3. The number of hydrogen-bond donors (Lipinski definition) is 1. The minimum absolute atomic E-state index is 0.113. The normalized spacial score (nSPS) is 13.7. The molecule has 3 heteroatoms. The van der Waals surface area contributed by atoms with Crippen molar-refractivity contribution in [1.82, 2.24) is 0 Å². The summed E-state index contributed by atoms with van der Waals surface area (Å²) in [4.78, 5) is 5.18. The molecule has 0 saturated carbocycles. The molecule has 7 aromatic carbocycles. The molecule has 0 unspecified atom stereocenters. The summed E-state index contributed by atoms with van der Waals surface area (Å²) >= 11 is 0. The molecule has 2 N–H and O–H groups in total. The Bertz CT molecular complexity index is 2660. The van der Waals surface area contributed by atoms with E-state index < -0.39 is 0 Å². The van der Waals surface area contributed by atoms with Crippen molar-refractivity contribution in [3.05, 3.63) is 198 Å². The number of rotatable bonds is 7. The van der Waals surface area contributed by atoms with E-state index in [1.54, 1.807) is 0 Å². The first-order valence-electron chi connectivity index (χ1n) is 17.9. The number of nitrogens with two attached hydrogens (primary N) is 1. The van der Waals surface area contributed by atoms with E-state index in [1.807, 2.05) is 54.6 Å². The molecule has 0 aliphatic heterocycles. The minimum atomic E-state index is -0.113. The first-order valence-corrected chi connectivity index (χ1v) is 17.9. The molecular formula is C49H38N2O. The Labute approximate surface area is 304 Å². The molecule has 0 amide bonds. The monoisotopic (exact) mass is 670 g/mol. The molecule has 1 aromatic heterocycles. The number of allylic oxidation sites excluding steroid dienone is 1. The average molecular weight is 671 g/mol. The number of aliphatic imine (C=N–C) groups is 1. The molecule has 52 heavy (non-hydrogen) atoms. The number of nitrogens with zero attached hydrogens (tertiary/aromatic N) is 1. The highest BCUT2D eigenvalue weighted by molar-refractivity contribution is 6.15. The molecule has 0 bridgehead atoms. The van der Waals surface area contributed by atoms with Crippen LogP contribution in [0, 0.1) is 0 Å². The van der Waals surface area contributed by atoms with Crippen LogP contribution >= 0.6 is 0 Å². The molecule has 1 aliphatic rings. The Hall–Kier alpha value is -6.45. The minimum Gasteiger partial charge on any atom is -0.456 e. The van der Waals surface area contributed by atoms with Crippen LogP contribution in [0.2, 0.25) is 0 Å². The zero-order chi connectivity index (χ0) is 35.2. The lowest BCUT2D eigenvalue weighted by Crippen LogP contribution is -2.14. The quantitative estimate of drug-likeness (QED) is 0.172. The number of furan rings is 1. The van der Waals surface area contributed by atoms with Gasteiger partial charge in [0.15, 0.2) is 0 Å². The third-order valence-electron chi connectivity index (χ3n) is 10.5. The molecule has 0 atom stereocenters. The lowest BCUT2D eigenvalue weighted by molar-refractivity contribution is 0.631. The fourth-order valence-corrected chi connectivity index (χ4v) is 7.81. The first-order chi connectivity index (χ1) is 25.4. The smallest absolute Gasteiger partial charge is 0.136 e. The van der Waals surface area contributed by atoms with Crippen molar-refractivity contribution in [1.29, 1.82) is 0 Å². The molecule has 0 radical (unpaired) electrons. The summed E-state index contributed by atoms with van der Waals surface area (Å²) in [5.74, 6) is 0.798. The van der Waals surface area contributed by atoms with Gasteiger partial charge in [-0.05, 0) is 91.7 Å². The predicted octanol–water partition coefficient (Wildman–Crippen LogP) is 12.2. The van der Waals surface area contributed by atoms with E-state index >= 15 is 0 Å². The summed E-state index contributed by atoms with van der Waals surface area (Å²) < 4.78 is 6.35. The molecule has 0 fully saturated rings. The van der Waals surface area contributed by atoms with Crippen molar-refractivity contribution in [3.63, 3.8) is 0 Å². The zero-order valence-corrected chi connectivity index (χ0v) is 29.3. The van der Waals surface area contributed by atoms with Gasteiger partial charge in [0.25, 0.3) is 0 Å². The van der Waals surface area contributed by atoms with Gasteiger partial charge in [0.2, 0.25) is 0 Å². The predicted molar refractivity (Wildman–Crippen MR) is 217 cm³/mol. The van der Waals surface area contributed by atoms with Crippen LogP contribution in [-0.4, -0.2) is 5.71 Å². The van der Waals surface area contributed by atoms with E-state index in [9.17, 15) is 0 Å². The Morgan fingerprint density at radius 1 is 0.615 bits per heavy atom. The molecule has 1 heterocycles. The van der Waals surface area contributed by atoms with Crippen molar-refractivity contribution < 1.29 is 4.42 Å². The maximum absolute atomic E-state index is 7.05. The zero-order valence-electron chi connectivity index (χ0n) is 29.3. The molecule has 9 rings (SSSR count). The van der Waals surface area contributed by atoms with Crippen LogP contribution in [0.25, 0.3) is 61.0 Å². The number of fused-ring (bicyclic) bond motifs is 5. The molecule has 0 spiro atoms. The van der Waals surface area contributed by atoms with Crippen LogP contribution in [0.5, 0.6) is 0 Å². The van der Waals surface area contributed by atoms with Gasteiger partial charge in [-0.1, -0.05) is 147 Å². The summed E-state index contributed by atoms with van der Waals surface area (Å²) in [7, 11) is 0. The van der Waals surface area contributed by atoms with Crippen LogP contribution in [0.15, 0.2) is 179 Å². The molecule has 8 aromatic rings. The van der Waals surface area contributed by atoms with Gasteiger partial charge in [0.1, 0.15) is 11.3 Å². The van der Waals surface area contributed by atoms with Crippen molar-refractivity contribution in [2.75, 3.05) is 0 Å². The van der Waals surface area contributed by atoms with E-state index in [-0.39, 0.29) is 5.41 Å². The second-order valence-electron chi connectivity index (χ2n) is 14.2. The lowest BCUT2D eigenvalue weighted by Gasteiger charge is -2.22. The van der Waals surface area contributed by atoms with Crippen LogP contribution in [0.1, 0.15) is 41.7 Å². The maximum Gasteiger partial charge on any atom is 0.136 e. The van der Waals surface area contributed by atoms with Crippen LogP contribution in [0.3, 0.4) is 0 Å². The summed E-state index contributed by atoms with van der Waals surface area (Å²) in [6.07, 6.45) is 2.02. The Morgan fingerprint density at radius 3 is 2.13 bits per heavy atom. The summed E-state index contributed by atoms with van der Waals surface area (Å²) in [6, 6.07) is 57.5. The van der Waals surface area contributed by atoms with Crippen LogP contribution < -0.4 is 5.73 Å². The highest BCUT2D eigenvalue weighted by Crippen LogP contribution is 2.53. The lowest BCUT2D eigenvalue weighted by atomic mass is 9.81. The topological polar surface area (TPSA) is 51.5 Å². The van der Waals surface area contributed by atoms with E-state index in [2.05, 4.69) is 129 Å². The first kappa shape index (κ1) is 31.5. The summed E-state index contributed by atoms with van der Waals surface area (Å²) in [5.41, 5.74) is 20.9. The number of para-hydroxylation sites is 1. The third-order valence-corrected chi connectivity index (χ3v) is 10.5. The van der Waals surface area contributed by atoms with Gasteiger partial charge in [0, 0.05) is 27.6 Å². The Morgan fingerprint density at radius 2 is 1.31 bits per heavy atom. The van der Waals surface area contributed by atoms with Crippen molar-refractivity contribution in [3.8, 4) is 33.6 Å². The Balaban J connectivity index is 1.15. The molecule has 250 valence electrons. The van der Waals surface area contributed by atoms with Crippen molar-refractivity contribution >= 4 is 33.2 Å². The van der Waals surface area contributed by atoms with Gasteiger partial charge >= 0.3 is 0 Å². The SMILES string of the molecule is CC1(C)c2cc3ccccc3cc2-c2c(-c3cccc(/C(N)=C/C(=NCc4ccccc4)c4ccccc4-c4cc5ccccc5o4)c3)cccc21. The summed E-state index contributed by atoms with van der Waals surface area (Å²) in [5, 5.41) is 3.59. The second-order valence-corrected chi connectivity index (χ2v) is 14.2. The van der Waals surface area contributed by atoms with Gasteiger partial charge in [-0.3, -0.25) is 4.99 Å². The molecular weight excluding hydrogens is 633 g/mol. The van der Waals surface area contributed by atoms with Gasteiger partial charge < -0.3 is 10.2 Å². The van der Waals surface area contributed by atoms with Gasteiger partial charge in [-0.2, -0.15) is 0 Å². The fourth-order valence-electron chi connectivity index (χ4n) is 7.81. The van der Waals surface area contributed by atoms with Gasteiger partial charge in [0.05, 0.1) is 12.3 Å². The standard InChI is InChI=1S/C49H38N2O/c1-49(2)42-24-13-23-38(48(42)41-27-33-16-6-7-17-34(33)28-43(41)49)35-19-12-20-36(26-35)44(50)30-45(51-31-32-14-4-3-5-15-32)39-21-9-10-22-40(39)47-29-37-18-8-11-25-46(37)52-47/h3-30H,31,50H2,1-2H3/b44-30-,51-45?. The van der Waals surface area contributed by atoms with Gasteiger partial charge in [-0.15, -0.1) is 0 Å². The van der Waals surface area contributed by atoms with Crippen molar-refractivity contribution in [2.45, 2.75) is 25.8 Å². The highest BCUT2D eigenvalue weighted by Gasteiger charge is 2.37. The van der Waals surface area contributed by atoms with Crippen molar-refractivity contribution in [2.24, 2.45) is 10.7 Å². The van der Waals surface area contributed by atoms with Gasteiger partial charge in [-0.25, -0.2) is 0 Å². The van der Waals surface area contributed by atoms with E-state index in [0.717, 1.165) is 50.3 Å². The average Bonchev–Trinajstić information content (AvgIpc) is 3.72. The van der Waals surface area contributed by atoms with E-state index in [1.165, 1.54) is 38.6 Å². The number of benzene rings is 7. The van der Waals surface area contributed by atoms with Crippen LogP contribution in [0.4, 0.5) is 0 Å². The second kappa shape index (κ2) is 12.7. The third kappa shape index (κ3) is 5.52. The molecule has 0 saturated heterocycles. The van der Waals surface area contributed by atoms with E-state index in [0.29, 0.717) is 12.2 Å². The Kier molecular flexibility index (Phi) is 7.70. The van der Waals surface area contributed by atoms with Crippen LogP contribution in [-0.2, 0) is 12.0 Å². The fraction of sp³-hybridized carbons (Fsp3) is 0.0816. The maximum atomic E-state index is 7.05. The molecule has 1 aliphatic carbocycles. The molecule has 3 nitrogen and oxygen atoms in total. The summed E-state index contributed by atoms with van der Waals surface area (Å²) in [6.45, 7) is 5.20. The largest absolute Gasteiger partial charge is 0.456 e. The van der Waals surface area contributed by atoms with E-state index in [4.69, 9.17) is 15.1 Å².